The zero-order chi connectivity index (χ0) is 16.5. The molecule has 0 bridgehead atoms. The van der Waals surface area contributed by atoms with Gasteiger partial charge in [-0.05, 0) is 29.7 Å². The molecule has 0 spiro atoms. The van der Waals surface area contributed by atoms with Crippen molar-refractivity contribution in [3.8, 4) is 10.4 Å². The minimum atomic E-state index is 0.0236. The van der Waals surface area contributed by atoms with E-state index in [0.717, 1.165) is 21.5 Å². The molecule has 0 aliphatic carbocycles. The summed E-state index contributed by atoms with van der Waals surface area (Å²) in [6.45, 7) is 2.61. The predicted octanol–water partition coefficient (Wildman–Crippen LogP) is 4.48. The highest BCUT2D eigenvalue weighted by atomic mass is 32.1. The Bertz CT molecular complexity index is 1060. The van der Waals surface area contributed by atoms with Crippen LogP contribution < -0.4 is 5.56 Å². The van der Waals surface area contributed by atoms with Crippen LogP contribution in [-0.4, -0.2) is 9.55 Å². The SMILES string of the molecule is Cc1ccccc1Cn1cnc2cc(-c3ccccc3)sc2c1=O. The summed E-state index contributed by atoms with van der Waals surface area (Å²) in [4.78, 5) is 18.4. The van der Waals surface area contributed by atoms with Crippen LogP contribution in [0.15, 0.2) is 71.8 Å². The van der Waals surface area contributed by atoms with Crippen LogP contribution in [0.5, 0.6) is 0 Å². The van der Waals surface area contributed by atoms with Crippen LogP contribution >= 0.6 is 11.3 Å². The number of fused-ring (bicyclic) bond motifs is 1. The molecule has 3 nitrogen and oxygen atoms in total. The number of nitrogens with zero attached hydrogens (tertiary/aromatic N) is 2. The summed E-state index contributed by atoms with van der Waals surface area (Å²) in [6.07, 6.45) is 1.65. The molecule has 0 saturated heterocycles. The van der Waals surface area contributed by atoms with Gasteiger partial charge in [-0.25, -0.2) is 4.98 Å². The molecule has 0 aliphatic heterocycles. The minimum absolute atomic E-state index is 0.0236. The lowest BCUT2D eigenvalue weighted by Gasteiger charge is -2.07. The summed E-state index contributed by atoms with van der Waals surface area (Å²) in [5.74, 6) is 0. The summed E-state index contributed by atoms with van der Waals surface area (Å²) < 4.78 is 2.40. The third-order valence-electron chi connectivity index (χ3n) is 4.16. The second kappa shape index (κ2) is 6.06. The Morgan fingerprint density at radius 1 is 1.04 bits per heavy atom. The summed E-state index contributed by atoms with van der Waals surface area (Å²) in [5.41, 5.74) is 4.23. The highest BCUT2D eigenvalue weighted by Crippen LogP contribution is 2.30. The Balaban J connectivity index is 1.78. The van der Waals surface area contributed by atoms with Crippen molar-refractivity contribution in [3.63, 3.8) is 0 Å². The highest BCUT2D eigenvalue weighted by Gasteiger charge is 2.11. The third-order valence-corrected chi connectivity index (χ3v) is 5.33. The van der Waals surface area contributed by atoms with Gasteiger partial charge in [0.25, 0.3) is 5.56 Å². The van der Waals surface area contributed by atoms with E-state index >= 15 is 0 Å². The number of aromatic nitrogens is 2. The Hall–Kier alpha value is -2.72. The highest BCUT2D eigenvalue weighted by molar-refractivity contribution is 7.22. The first-order valence-corrected chi connectivity index (χ1v) is 8.63. The molecule has 2 aromatic heterocycles. The number of hydrogen-bond donors (Lipinski definition) is 0. The zero-order valence-corrected chi connectivity index (χ0v) is 14.1. The first-order chi connectivity index (χ1) is 11.7. The van der Waals surface area contributed by atoms with Crippen LogP contribution in [0.3, 0.4) is 0 Å². The molecule has 2 aromatic carbocycles. The van der Waals surface area contributed by atoms with Crippen molar-refractivity contribution >= 4 is 21.6 Å². The van der Waals surface area contributed by atoms with Gasteiger partial charge < -0.3 is 0 Å². The van der Waals surface area contributed by atoms with E-state index in [0.29, 0.717) is 11.2 Å². The molecule has 0 fully saturated rings. The summed E-state index contributed by atoms with van der Waals surface area (Å²) in [7, 11) is 0. The van der Waals surface area contributed by atoms with Crippen LogP contribution in [0, 0.1) is 6.92 Å². The van der Waals surface area contributed by atoms with Crippen molar-refractivity contribution in [2.45, 2.75) is 13.5 Å². The molecule has 118 valence electrons. The van der Waals surface area contributed by atoms with Crippen LogP contribution in [0.2, 0.25) is 0 Å². The van der Waals surface area contributed by atoms with Gasteiger partial charge in [0, 0.05) is 4.88 Å². The fourth-order valence-electron chi connectivity index (χ4n) is 2.77. The van der Waals surface area contributed by atoms with Crippen LogP contribution in [0.4, 0.5) is 0 Å². The first-order valence-electron chi connectivity index (χ1n) is 7.81. The van der Waals surface area contributed by atoms with Crippen LogP contribution in [0.25, 0.3) is 20.7 Å². The third kappa shape index (κ3) is 2.65. The maximum absolute atomic E-state index is 12.8. The lowest BCUT2D eigenvalue weighted by atomic mass is 10.1. The van der Waals surface area contributed by atoms with Gasteiger partial charge in [0.15, 0.2) is 0 Å². The Morgan fingerprint density at radius 3 is 2.58 bits per heavy atom. The molecule has 0 N–H and O–H groups in total. The van der Waals surface area contributed by atoms with E-state index in [1.54, 1.807) is 10.9 Å². The number of rotatable bonds is 3. The van der Waals surface area contributed by atoms with E-state index in [1.807, 2.05) is 36.4 Å². The van der Waals surface area contributed by atoms with E-state index in [2.05, 4.69) is 36.2 Å². The normalized spacial score (nSPS) is 11.0. The molecule has 24 heavy (non-hydrogen) atoms. The second-order valence-electron chi connectivity index (χ2n) is 5.80. The predicted molar refractivity (Wildman–Crippen MR) is 99.6 cm³/mol. The summed E-state index contributed by atoms with van der Waals surface area (Å²) in [6, 6.07) is 20.2. The van der Waals surface area contributed by atoms with Crippen molar-refractivity contribution in [1.29, 1.82) is 0 Å². The topological polar surface area (TPSA) is 34.9 Å². The number of aryl methyl sites for hydroxylation is 1. The van der Waals surface area contributed by atoms with Gasteiger partial charge in [0.05, 0.1) is 18.4 Å². The van der Waals surface area contributed by atoms with Gasteiger partial charge in [-0.15, -0.1) is 11.3 Å². The molecule has 4 aromatic rings. The van der Waals surface area contributed by atoms with Gasteiger partial charge in [0.1, 0.15) is 4.70 Å². The summed E-state index contributed by atoms with van der Waals surface area (Å²) >= 11 is 1.51. The molecule has 2 heterocycles. The minimum Gasteiger partial charge on any atom is -0.294 e. The molecule has 0 unspecified atom stereocenters. The smallest absolute Gasteiger partial charge is 0.271 e. The fraction of sp³-hybridized carbons (Fsp3) is 0.100. The van der Waals surface area contributed by atoms with E-state index in [4.69, 9.17) is 0 Å². The van der Waals surface area contributed by atoms with Crippen molar-refractivity contribution in [2.24, 2.45) is 0 Å². The first kappa shape index (κ1) is 14.8. The number of thiophene rings is 1. The average molecular weight is 332 g/mol. The Labute approximate surface area is 143 Å². The second-order valence-corrected chi connectivity index (χ2v) is 6.85. The number of hydrogen-bond acceptors (Lipinski definition) is 3. The van der Waals surface area contributed by atoms with Crippen molar-refractivity contribution in [1.82, 2.24) is 9.55 Å². The van der Waals surface area contributed by atoms with Gasteiger partial charge in [-0.2, -0.15) is 0 Å². The molecule has 0 atom stereocenters. The molecule has 0 amide bonds. The monoisotopic (exact) mass is 332 g/mol. The van der Waals surface area contributed by atoms with Gasteiger partial charge in [-0.1, -0.05) is 54.6 Å². The Kier molecular flexibility index (Phi) is 3.75. The van der Waals surface area contributed by atoms with E-state index in [1.165, 1.54) is 16.9 Å². The van der Waals surface area contributed by atoms with Crippen LogP contribution in [-0.2, 0) is 6.54 Å². The molecular formula is C20H16N2OS. The fourth-order valence-corrected chi connectivity index (χ4v) is 3.84. The zero-order valence-electron chi connectivity index (χ0n) is 13.3. The molecule has 0 aliphatic rings. The van der Waals surface area contributed by atoms with Gasteiger partial charge in [-0.3, -0.25) is 9.36 Å². The maximum Gasteiger partial charge on any atom is 0.271 e. The van der Waals surface area contributed by atoms with Gasteiger partial charge in [0.2, 0.25) is 0 Å². The lowest BCUT2D eigenvalue weighted by Crippen LogP contribution is -2.20. The maximum atomic E-state index is 12.8. The van der Waals surface area contributed by atoms with Crippen molar-refractivity contribution < 1.29 is 0 Å². The molecule has 0 saturated carbocycles. The largest absolute Gasteiger partial charge is 0.294 e. The van der Waals surface area contributed by atoms with E-state index in [-0.39, 0.29) is 5.56 Å². The standard InChI is InChI=1S/C20H16N2OS/c1-14-7-5-6-10-16(14)12-22-13-21-17-11-18(24-19(17)20(22)23)15-8-3-2-4-9-15/h2-11,13H,12H2,1H3. The number of benzene rings is 2. The summed E-state index contributed by atoms with van der Waals surface area (Å²) in [5, 5.41) is 0. The average Bonchev–Trinajstić information content (AvgIpc) is 3.05. The molecular weight excluding hydrogens is 316 g/mol. The molecule has 4 heteroatoms. The lowest BCUT2D eigenvalue weighted by molar-refractivity contribution is 0.746. The Morgan fingerprint density at radius 2 is 1.79 bits per heavy atom. The van der Waals surface area contributed by atoms with Crippen LogP contribution in [0.1, 0.15) is 11.1 Å². The van der Waals surface area contributed by atoms with Gasteiger partial charge >= 0.3 is 0 Å². The molecule has 0 radical (unpaired) electrons. The van der Waals surface area contributed by atoms with E-state index < -0.39 is 0 Å². The molecule has 4 rings (SSSR count). The quantitative estimate of drug-likeness (QED) is 0.554. The van der Waals surface area contributed by atoms with Crippen molar-refractivity contribution in [3.05, 3.63) is 88.5 Å². The van der Waals surface area contributed by atoms with E-state index in [9.17, 15) is 4.79 Å². The van der Waals surface area contributed by atoms with Crippen molar-refractivity contribution in [2.75, 3.05) is 0 Å².